The van der Waals surface area contributed by atoms with Gasteiger partial charge in [0.25, 0.3) is 5.91 Å². The summed E-state index contributed by atoms with van der Waals surface area (Å²) in [5.74, 6) is -0.654. The van der Waals surface area contributed by atoms with Gasteiger partial charge < -0.3 is 14.4 Å². The molecule has 0 saturated carbocycles. The van der Waals surface area contributed by atoms with Gasteiger partial charge in [0.1, 0.15) is 16.5 Å². The highest BCUT2D eigenvalue weighted by atomic mass is 32.1. The van der Waals surface area contributed by atoms with Crippen molar-refractivity contribution in [3.05, 3.63) is 64.9 Å². The molecular formula is C21H19F3N2O3S. The van der Waals surface area contributed by atoms with E-state index in [4.69, 9.17) is 4.74 Å². The smallest absolute Gasteiger partial charge is 0.387 e. The first-order valence-electron chi connectivity index (χ1n) is 9.05. The SMILES string of the molecule is CCOc1cc(CN(C)C(=O)c2csc(-c3ccccc3F)n2)ccc1OC(F)F. The number of amides is 1. The molecule has 3 aromatic rings. The van der Waals surface area contributed by atoms with E-state index in [9.17, 15) is 18.0 Å². The predicted octanol–water partition coefficient (Wildman–Crippen LogP) is 5.22. The third-order valence-corrected chi connectivity index (χ3v) is 4.99. The fourth-order valence-corrected chi connectivity index (χ4v) is 3.60. The van der Waals surface area contributed by atoms with Gasteiger partial charge in [0.05, 0.1) is 6.61 Å². The van der Waals surface area contributed by atoms with Crippen LogP contribution in [0.25, 0.3) is 10.6 Å². The van der Waals surface area contributed by atoms with Crippen LogP contribution >= 0.6 is 11.3 Å². The standard InChI is InChI=1S/C21H19F3N2O3S/c1-3-28-18-10-13(8-9-17(18)29-21(23)24)11-26(2)20(27)16-12-30-19(25-16)14-6-4-5-7-15(14)22/h4-10,12,21H,3,11H2,1-2H3. The number of alkyl halides is 2. The zero-order valence-corrected chi connectivity index (χ0v) is 17.1. The third-order valence-electron chi connectivity index (χ3n) is 4.12. The van der Waals surface area contributed by atoms with Crippen molar-refractivity contribution >= 4 is 17.2 Å². The van der Waals surface area contributed by atoms with Gasteiger partial charge in [-0.1, -0.05) is 18.2 Å². The van der Waals surface area contributed by atoms with E-state index in [1.165, 1.54) is 28.4 Å². The molecule has 1 aromatic heterocycles. The van der Waals surface area contributed by atoms with Crippen molar-refractivity contribution in [2.75, 3.05) is 13.7 Å². The molecule has 2 aromatic carbocycles. The molecule has 0 unspecified atom stereocenters. The van der Waals surface area contributed by atoms with Crippen LogP contribution < -0.4 is 9.47 Å². The van der Waals surface area contributed by atoms with E-state index >= 15 is 0 Å². The number of carbonyl (C=O) groups is 1. The summed E-state index contributed by atoms with van der Waals surface area (Å²) < 4.78 is 48.8. The monoisotopic (exact) mass is 436 g/mol. The molecule has 30 heavy (non-hydrogen) atoms. The lowest BCUT2D eigenvalue weighted by Crippen LogP contribution is -2.26. The Morgan fingerprint density at radius 3 is 2.67 bits per heavy atom. The van der Waals surface area contributed by atoms with Gasteiger partial charge in [-0.15, -0.1) is 11.3 Å². The molecule has 0 spiro atoms. The largest absolute Gasteiger partial charge is 0.490 e. The fourth-order valence-electron chi connectivity index (χ4n) is 2.78. The maximum absolute atomic E-state index is 13.9. The first-order chi connectivity index (χ1) is 14.4. The molecule has 0 saturated heterocycles. The Bertz CT molecular complexity index is 1030. The summed E-state index contributed by atoms with van der Waals surface area (Å²) in [6, 6.07) is 10.7. The molecule has 0 N–H and O–H groups in total. The number of hydrogen-bond donors (Lipinski definition) is 0. The highest BCUT2D eigenvalue weighted by molar-refractivity contribution is 7.13. The van der Waals surface area contributed by atoms with Crippen LogP contribution in [0.15, 0.2) is 47.8 Å². The zero-order chi connectivity index (χ0) is 21.7. The van der Waals surface area contributed by atoms with Crippen LogP contribution in [-0.4, -0.2) is 36.1 Å². The Labute approximate surface area is 175 Å². The van der Waals surface area contributed by atoms with Gasteiger partial charge in [-0.25, -0.2) is 9.37 Å². The number of thiazole rings is 1. The van der Waals surface area contributed by atoms with E-state index in [0.29, 0.717) is 16.1 Å². The summed E-state index contributed by atoms with van der Waals surface area (Å²) >= 11 is 1.18. The molecule has 0 aliphatic carbocycles. The first kappa shape index (κ1) is 21.6. The number of aromatic nitrogens is 1. The summed E-state index contributed by atoms with van der Waals surface area (Å²) in [6.45, 7) is -0.771. The lowest BCUT2D eigenvalue weighted by atomic mass is 10.2. The number of hydrogen-bond acceptors (Lipinski definition) is 5. The van der Waals surface area contributed by atoms with Crippen molar-refractivity contribution in [2.45, 2.75) is 20.1 Å². The van der Waals surface area contributed by atoms with Crippen LogP contribution in [0, 0.1) is 5.82 Å². The topological polar surface area (TPSA) is 51.7 Å². The van der Waals surface area contributed by atoms with Crippen molar-refractivity contribution in [3.8, 4) is 22.1 Å². The average molecular weight is 436 g/mol. The molecule has 158 valence electrons. The van der Waals surface area contributed by atoms with Crippen LogP contribution in [0.4, 0.5) is 13.2 Å². The van der Waals surface area contributed by atoms with Gasteiger partial charge in [-0.05, 0) is 36.8 Å². The van der Waals surface area contributed by atoms with Crippen molar-refractivity contribution in [2.24, 2.45) is 0 Å². The Morgan fingerprint density at radius 2 is 1.97 bits per heavy atom. The van der Waals surface area contributed by atoms with Crippen molar-refractivity contribution < 1.29 is 27.4 Å². The molecule has 0 aliphatic rings. The van der Waals surface area contributed by atoms with Gasteiger partial charge >= 0.3 is 6.61 Å². The molecule has 0 aliphatic heterocycles. The number of nitrogens with zero attached hydrogens (tertiary/aromatic N) is 2. The van der Waals surface area contributed by atoms with Crippen LogP contribution in [0.2, 0.25) is 0 Å². The minimum Gasteiger partial charge on any atom is -0.490 e. The first-order valence-corrected chi connectivity index (χ1v) is 9.93. The second-order valence-electron chi connectivity index (χ2n) is 6.27. The maximum atomic E-state index is 13.9. The molecule has 0 radical (unpaired) electrons. The Balaban J connectivity index is 1.74. The van der Waals surface area contributed by atoms with Gasteiger partial charge in [0.15, 0.2) is 11.5 Å². The summed E-state index contributed by atoms with van der Waals surface area (Å²) in [5.41, 5.74) is 1.20. The average Bonchev–Trinajstić information content (AvgIpc) is 3.19. The molecule has 9 heteroatoms. The van der Waals surface area contributed by atoms with Gasteiger partial charge in [0.2, 0.25) is 0 Å². The summed E-state index contributed by atoms with van der Waals surface area (Å²) in [4.78, 5) is 18.4. The quantitative estimate of drug-likeness (QED) is 0.486. The molecule has 3 rings (SSSR count). The number of benzene rings is 2. The maximum Gasteiger partial charge on any atom is 0.387 e. The van der Waals surface area contributed by atoms with Crippen molar-refractivity contribution in [1.29, 1.82) is 0 Å². The second-order valence-corrected chi connectivity index (χ2v) is 7.13. The number of carbonyl (C=O) groups excluding carboxylic acids is 1. The number of rotatable bonds is 8. The Morgan fingerprint density at radius 1 is 1.20 bits per heavy atom. The minimum absolute atomic E-state index is 0.0707. The lowest BCUT2D eigenvalue weighted by Gasteiger charge is -2.18. The lowest BCUT2D eigenvalue weighted by molar-refractivity contribution is -0.0514. The number of halogens is 3. The van der Waals surface area contributed by atoms with Crippen LogP contribution in [-0.2, 0) is 6.54 Å². The zero-order valence-electron chi connectivity index (χ0n) is 16.3. The molecule has 5 nitrogen and oxygen atoms in total. The normalized spacial score (nSPS) is 10.9. The predicted molar refractivity (Wildman–Crippen MR) is 108 cm³/mol. The van der Waals surface area contributed by atoms with E-state index in [0.717, 1.165) is 0 Å². The number of ether oxygens (including phenoxy) is 2. The Kier molecular flexibility index (Phi) is 6.94. The molecule has 1 amide bonds. The Hall–Kier alpha value is -3.07. The summed E-state index contributed by atoms with van der Waals surface area (Å²) in [5, 5.41) is 1.99. The van der Waals surface area contributed by atoms with Crippen LogP contribution in [0.3, 0.4) is 0 Å². The van der Waals surface area contributed by atoms with Crippen molar-refractivity contribution in [1.82, 2.24) is 9.88 Å². The van der Waals surface area contributed by atoms with Crippen LogP contribution in [0.5, 0.6) is 11.5 Å². The van der Waals surface area contributed by atoms with E-state index in [2.05, 4.69) is 9.72 Å². The summed E-state index contributed by atoms with van der Waals surface area (Å²) in [6.07, 6.45) is 0. The molecular weight excluding hydrogens is 417 g/mol. The molecule has 0 fully saturated rings. The minimum atomic E-state index is -2.97. The van der Waals surface area contributed by atoms with E-state index in [1.807, 2.05) is 0 Å². The van der Waals surface area contributed by atoms with E-state index < -0.39 is 12.4 Å². The van der Waals surface area contributed by atoms with Gasteiger partial charge in [-0.2, -0.15) is 8.78 Å². The van der Waals surface area contributed by atoms with Crippen LogP contribution in [0.1, 0.15) is 23.0 Å². The third kappa shape index (κ3) is 5.10. The van der Waals surface area contributed by atoms with Gasteiger partial charge in [-0.3, -0.25) is 4.79 Å². The van der Waals surface area contributed by atoms with Gasteiger partial charge in [0, 0.05) is 24.5 Å². The fraction of sp³-hybridized carbons (Fsp3) is 0.238. The van der Waals surface area contributed by atoms with E-state index in [-0.39, 0.29) is 36.3 Å². The summed E-state index contributed by atoms with van der Waals surface area (Å²) in [7, 11) is 1.59. The highest BCUT2D eigenvalue weighted by Gasteiger charge is 2.19. The van der Waals surface area contributed by atoms with Crippen molar-refractivity contribution in [3.63, 3.8) is 0 Å². The van der Waals surface area contributed by atoms with E-state index in [1.54, 1.807) is 49.7 Å². The molecule has 0 atom stereocenters. The highest BCUT2D eigenvalue weighted by Crippen LogP contribution is 2.31. The molecule has 0 bridgehead atoms. The second kappa shape index (κ2) is 9.62. The molecule has 1 heterocycles.